The van der Waals surface area contributed by atoms with E-state index in [-0.39, 0.29) is 31.1 Å². The second-order valence-electron chi connectivity index (χ2n) is 17.1. The molecular weight excluding hydrogens is 673 g/mol. The molecule has 0 saturated carbocycles. The van der Waals surface area contributed by atoms with E-state index in [1.807, 2.05) is 0 Å². The van der Waals surface area contributed by atoms with Gasteiger partial charge in [0.05, 0.1) is 0 Å². The molecule has 6 nitrogen and oxygen atoms in total. The number of esters is 3. The first-order valence-corrected chi connectivity index (χ1v) is 23.8. The molecule has 0 amide bonds. The number of carbonyl (C=O) groups excluding carboxylic acids is 3. The van der Waals surface area contributed by atoms with Crippen molar-refractivity contribution in [2.45, 2.75) is 265 Å². The molecule has 0 heterocycles. The number of rotatable bonds is 42. The van der Waals surface area contributed by atoms with Crippen molar-refractivity contribution in [1.82, 2.24) is 0 Å². The van der Waals surface area contributed by atoms with Gasteiger partial charge in [-0.25, -0.2) is 0 Å². The van der Waals surface area contributed by atoms with E-state index in [2.05, 4.69) is 34.6 Å². The molecule has 0 radical (unpaired) electrons. The Morgan fingerprint density at radius 1 is 0.389 bits per heavy atom. The highest BCUT2D eigenvalue weighted by Crippen LogP contribution is 2.17. The number of hydrogen-bond donors (Lipinski definition) is 0. The van der Waals surface area contributed by atoms with Gasteiger partial charge in [-0.15, -0.1) is 0 Å². The standard InChI is InChI=1S/C48H92O6/c1-6-8-9-10-11-12-13-14-15-16-17-23-28-33-38-46(49)52-41-45(54-48(51)40-35-30-25-20-21-26-31-36-43(3)4)42-53-47(50)39-34-29-24-19-18-22-27-32-37-44(5)7-2/h43-45H,6-42H2,1-5H3/t44?,45-/m1/s1. The van der Waals surface area contributed by atoms with E-state index in [9.17, 15) is 14.4 Å². The SMILES string of the molecule is CCCCCCCCCCCCCCCCC(=O)OC[C@H](COC(=O)CCCCCCCCCCC(C)CC)OC(=O)CCCCCCCCCC(C)C. The molecule has 320 valence electrons. The Kier molecular flexibility index (Phi) is 39.8. The van der Waals surface area contributed by atoms with Gasteiger partial charge in [0.15, 0.2) is 6.10 Å². The van der Waals surface area contributed by atoms with E-state index in [1.165, 1.54) is 148 Å². The monoisotopic (exact) mass is 765 g/mol. The number of ether oxygens (including phenoxy) is 3. The third kappa shape index (κ3) is 40.1. The van der Waals surface area contributed by atoms with Crippen molar-refractivity contribution in [3.63, 3.8) is 0 Å². The van der Waals surface area contributed by atoms with Crippen LogP contribution >= 0.6 is 0 Å². The molecule has 0 rings (SSSR count). The van der Waals surface area contributed by atoms with Crippen LogP contribution in [0.2, 0.25) is 0 Å². The van der Waals surface area contributed by atoms with Crippen LogP contribution in [0.1, 0.15) is 259 Å². The van der Waals surface area contributed by atoms with Gasteiger partial charge in [-0.2, -0.15) is 0 Å². The van der Waals surface area contributed by atoms with Crippen LogP contribution in [0.25, 0.3) is 0 Å². The highest BCUT2D eigenvalue weighted by molar-refractivity contribution is 5.71. The molecule has 6 heteroatoms. The maximum Gasteiger partial charge on any atom is 0.306 e. The number of hydrogen-bond acceptors (Lipinski definition) is 6. The second-order valence-corrected chi connectivity index (χ2v) is 17.1. The van der Waals surface area contributed by atoms with Crippen LogP contribution in [-0.4, -0.2) is 37.2 Å². The molecule has 0 aliphatic rings. The summed E-state index contributed by atoms with van der Waals surface area (Å²) in [5.41, 5.74) is 0. The van der Waals surface area contributed by atoms with E-state index in [0.717, 1.165) is 69.6 Å². The maximum atomic E-state index is 12.7. The molecule has 0 aromatic rings. The molecule has 0 bridgehead atoms. The Balaban J connectivity index is 4.32. The summed E-state index contributed by atoms with van der Waals surface area (Å²) in [6.07, 6.45) is 39.5. The Bertz CT molecular complexity index is 826. The lowest BCUT2D eigenvalue weighted by molar-refractivity contribution is -0.167. The zero-order valence-corrected chi connectivity index (χ0v) is 36.8. The van der Waals surface area contributed by atoms with Crippen molar-refractivity contribution in [3.05, 3.63) is 0 Å². The van der Waals surface area contributed by atoms with Gasteiger partial charge in [-0.1, -0.05) is 221 Å². The van der Waals surface area contributed by atoms with Gasteiger partial charge in [-0.3, -0.25) is 14.4 Å². The molecule has 0 fully saturated rings. The molecule has 2 atom stereocenters. The van der Waals surface area contributed by atoms with Crippen molar-refractivity contribution in [3.8, 4) is 0 Å². The summed E-state index contributed by atoms with van der Waals surface area (Å²) in [5, 5.41) is 0. The molecule has 0 saturated heterocycles. The van der Waals surface area contributed by atoms with Crippen LogP contribution in [0, 0.1) is 11.8 Å². The third-order valence-corrected chi connectivity index (χ3v) is 11.1. The normalized spacial score (nSPS) is 12.6. The molecule has 0 aromatic carbocycles. The van der Waals surface area contributed by atoms with Crippen LogP contribution in [0.4, 0.5) is 0 Å². The summed E-state index contributed by atoms with van der Waals surface area (Å²) in [6, 6.07) is 0. The average Bonchev–Trinajstić information content (AvgIpc) is 3.15. The number of carbonyl (C=O) groups is 3. The molecule has 0 aliphatic carbocycles. The van der Waals surface area contributed by atoms with Crippen LogP contribution < -0.4 is 0 Å². The Labute approximate surface area is 336 Å². The van der Waals surface area contributed by atoms with Gasteiger partial charge in [0, 0.05) is 19.3 Å². The zero-order valence-electron chi connectivity index (χ0n) is 36.8. The first kappa shape index (κ1) is 52.4. The van der Waals surface area contributed by atoms with E-state index in [1.54, 1.807) is 0 Å². The largest absolute Gasteiger partial charge is 0.462 e. The maximum absolute atomic E-state index is 12.7. The fourth-order valence-corrected chi connectivity index (χ4v) is 7.07. The van der Waals surface area contributed by atoms with Crippen molar-refractivity contribution in [2.24, 2.45) is 11.8 Å². The highest BCUT2D eigenvalue weighted by atomic mass is 16.6. The lowest BCUT2D eigenvalue weighted by Crippen LogP contribution is -2.30. The zero-order chi connectivity index (χ0) is 39.7. The van der Waals surface area contributed by atoms with Crippen molar-refractivity contribution >= 4 is 17.9 Å². The third-order valence-electron chi connectivity index (χ3n) is 11.1. The van der Waals surface area contributed by atoms with Gasteiger partial charge < -0.3 is 14.2 Å². The van der Waals surface area contributed by atoms with Gasteiger partial charge in [0.1, 0.15) is 13.2 Å². The molecule has 0 aromatic heterocycles. The van der Waals surface area contributed by atoms with E-state index < -0.39 is 6.10 Å². The Hall–Kier alpha value is -1.59. The Morgan fingerprint density at radius 2 is 0.704 bits per heavy atom. The van der Waals surface area contributed by atoms with Gasteiger partial charge in [0.2, 0.25) is 0 Å². The van der Waals surface area contributed by atoms with E-state index in [4.69, 9.17) is 14.2 Å². The van der Waals surface area contributed by atoms with Crippen LogP contribution in [-0.2, 0) is 28.6 Å². The predicted molar refractivity (Wildman–Crippen MR) is 229 cm³/mol. The van der Waals surface area contributed by atoms with Crippen LogP contribution in [0.15, 0.2) is 0 Å². The van der Waals surface area contributed by atoms with Gasteiger partial charge in [-0.05, 0) is 31.1 Å². The first-order chi connectivity index (χ1) is 26.3. The predicted octanol–water partition coefficient (Wildman–Crippen LogP) is 15.0. The quantitative estimate of drug-likeness (QED) is 0.0350. The first-order valence-electron chi connectivity index (χ1n) is 23.8. The van der Waals surface area contributed by atoms with Gasteiger partial charge in [0.25, 0.3) is 0 Å². The minimum absolute atomic E-state index is 0.0653. The molecule has 0 aliphatic heterocycles. The summed E-state index contributed by atoms with van der Waals surface area (Å²) in [7, 11) is 0. The Morgan fingerprint density at radius 3 is 1.06 bits per heavy atom. The average molecular weight is 765 g/mol. The highest BCUT2D eigenvalue weighted by Gasteiger charge is 2.19. The summed E-state index contributed by atoms with van der Waals surface area (Å²) < 4.78 is 16.7. The molecular formula is C48H92O6. The summed E-state index contributed by atoms with van der Waals surface area (Å²) >= 11 is 0. The van der Waals surface area contributed by atoms with Crippen molar-refractivity contribution < 1.29 is 28.6 Å². The van der Waals surface area contributed by atoms with Crippen molar-refractivity contribution in [2.75, 3.05) is 13.2 Å². The molecule has 0 N–H and O–H groups in total. The lowest BCUT2D eigenvalue weighted by atomic mass is 9.99. The topological polar surface area (TPSA) is 78.9 Å². The summed E-state index contributed by atoms with van der Waals surface area (Å²) in [4.78, 5) is 37.7. The van der Waals surface area contributed by atoms with Crippen LogP contribution in [0.5, 0.6) is 0 Å². The molecule has 0 spiro atoms. The molecule has 54 heavy (non-hydrogen) atoms. The fraction of sp³-hybridized carbons (Fsp3) is 0.938. The van der Waals surface area contributed by atoms with Crippen LogP contribution in [0.3, 0.4) is 0 Å². The number of unbranched alkanes of at least 4 members (excludes halogenated alkanes) is 26. The van der Waals surface area contributed by atoms with E-state index in [0.29, 0.717) is 19.3 Å². The summed E-state index contributed by atoms with van der Waals surface area (Å²) in [5.74, 6) is 0.767. The van der Waals surface area contributed by atoms with E-state index >= 15 is 0 Å². The second kappa shape index (κ2) is 41.1. The van der Waals surface area contributed by atoms with Gasteiger partial charge >= 0.3 is 17.9 Å². The smallest absolute Gasteiger partial charge is 0.306 e. The molecule has 1 unspecified atom stereocenters. The lowest BCUT2D eigenvalue weighted by Gasteiger charge is -2.18. The van der Waals surface area contributed by atoms with Crippen molar-refractivity contribution in [1.29, 1.82) is 0 Å². The fourth-order valence-electron chi connectivity index (χ4n) is 7.07. The minimum Gasteiger partial charge on any atom is -0.462 e. The minimum atomic E-state index is -0.761. The summed E-state index contributed by atoms with van der Waals surface area (Å²) in [6.45, 7) is 11.3.